The molecule has 2 N–H and O–H groups in total. The van der Waals surface area contributed by atoms with Crippen LogP contribution in [0.5, 0.6) is 0 Å². The molecule has 1 atom stereocenters. The van der Waals surface area contributed by atoms with E-state index in [0.29, 0.717) is 34.5 Å². The Hall–Kier alpha value is -1.82. The molecule has 0 aliphatic carbocycles. The summed E-state index contributed by atoms with van der Waals surface area (Å²) in [6.07, 6.45) is 4.51. The molecule has 1 amide bonds. The summed E-state index contributed by atoms with van der Waals surface area (Å²) in [6, 6.07) is 9.03. The molecule has 2 aromatic rings. The summed E-state index contributed by atoms with van der Waals surface area (Å²) in [5, 5.41) is 7.39. The third-order valence-corrected chi connectivity index (χ3v) is 4.84. The number of benzene rings is 1. The van der Waals surface area contributed by atoms with Crippen LogP contribution >= 0.6 is 23.2 Å². The van der Waals surface area contributed by atoms with Gasteiger partial charge >= 0.3 is 0 Å². The molecule has 0 spiro atoms. The average molecular weight is 394 g/mol. The smallest absolute Gasteiger partial charge is 0.252 e. The lowest BCUT2D eigenvalue weighted by Crippen LogP contribution is -2.31. The van der Waals surface area contributed by atoms with Crippen molar-refractivity contribution in [1.82, 2.24) is 10.3 Å². The number of anilines is 1. The molecule has 138 valence electrons. The number of ether oxygens (including phenoxy) is 1. The summed E-state index contributed by atoms with van der Waals surface area (Å²) in [5.74, 6) is 0.582. The molecule has 1 aromatic heterocycles. The fraction of sp³-hybridized carbons (Fsp3) is 0.368. The lowest BCUT2D eigenvalue weighted by molar-refractivity contribution is 0.0857. The lowest BCUT2D eigenvalue weighted by Gasteiger charge is -2.11. The van der Waals surface area contributed by atoms with E-state index in [2.05, 4.69) is 15.6 Å². The minimum Gasteiger partial charge on any atom is -0.376 e. The number of nitrogens with zero attached hydrogens (tertiary/aromatic N) is 1. The molecule has 1 aliphatic rings. The Morgan fingerprint density at radius 3 is 2.85 bits per heavy atom. The Kier molecular flexibility index (Phi) is 6.72. The summed E-state index contributed by atoms with van der Waals surface area (Å²) in [7, 11) is 0. The van der Waals surface area contributed by atoms with Crippen LogP contribution in [0.15, 0.2) is 36.5 Å². The number of carbonyl (C=O) groups excluding carboxylic acids is 1. The maximum Gasteiger partial charge on any atom is 0.252 e. The van der Waals surface area contributed by atoms with Gasteiger partial charge in [-0.15, -0.1) is 0 Å². The van der Waals surface area contributed by atoms with Crippen molar-refractivity contribution in [3.05, 3.63) is 57.7 Å². The molecule has 1 fully saturated rings. The number of amides is 1. The van der Waals surface area contributed by atoms with Crippen LogP contribution in [0, 0.1) is 0 Å². The molecular formula is C19H21Cl2N3O2. The largest absolute Gasteiger partial charge is 0.376 e. The van der Waals surface area contributed by atoms with Crippen molar-refractivity contribution < 1.29 is 9.53 Å². The topological polar surface area (TPSA) is 63.2 Å². The van der Waals surface area contributed by atoms with Crippen LogP contribution in [0.25, 0.3) is 0 Å². The third-order valence-electron chi connectivity index (χ3n) is 4.26. The molecular weight excluding hydrogens is 373 g/mol. The van der Waals surface area contributed by atoms with Gasteiger partial charge in [-0.25, -0.2) is 4.98 Å². The first-order valence-corrected chi connectivity index (χ1v) is 9.41. The Morgan fingerprint density at radius 2 is 2.15 bits per heavy atom. The highest BCUT2D eigenvalue weighted by Gasteiger charge is 2.16. The van der Waals surface area contributed by atoms with Crippen molar-refractivity contribution in [1.29, 1.82) is 0 Å². The summed E-state index contributed by atoms with van der Waals surface area (Å²) in [6.45, 7) is 2.00. The summed E-state index contributed by atoms with van der Waals surface area (Å²) in [5.41, 5.74) is 1.56. The summed E-state index contributed by atoms with van der Waals surface area (Å²) in [4.78, 5) is 16.4. The molecule has 26 heavy (non-hydrogen) atoms. The molecule has 5 nitrogen and oxygen atoms in total. The third kappa shape index (κ3) is 5.34. The van der Waals surface area contributed by atoms with Gasteiger partial charge in [0.2, 0.25) is 0 Å². The zero-order valence-electron chi connectivity index (χ0n) is 14.3. The molecule has 1 unspecified atom stereocenters. The van der Waals surface area contributed by atoms with Crippen molar-refractivity contribution >= 4 is 34.9 Å². The molecule has 0 radical (unpaired) electrons. The number of halogens is 2. The Bertz CT molecular complexity index is 747. The number of carbonyl (C=O) groups is 1. The van der Waals surface area contributed by atoms with Crippen LogP contribution in [0.4, 0.5) is 5.82 Å². The van der Waals surface area contributed by atoms with Gasteiger partial charge in [-0.2, -0.15) is 0 Å². The minimum absolute atomic E-state index is 0.132. The van der Waals surface area contributed by atoms with Crippen molar-refractivity contribution in [2.75, 3.05) is 25.0 Å². The molecule has 0 saturated carbocycles. The van der Waals surface area contributed by atoms with E-state index >= 15 is 0 Å². The Morgan fingerprint density at radius 1 is 1.27 bits per heavy atom. The second-order valence-corrected chi connectivity index (χ2v) is 7.03. The Labute approximate surface area is 163 Å². The van der Waals surface area contributed by atoms with E-state index in [0.717, 1.165) is 31.4 Å². The predicted octanol–water partition coefficient (Wildman–Crippen LogP) is 3.95. The highest BCUT2D eigenvalue weighted by Crippen LogP contribution is 2.21. The number of nitrogens with one attached hydrogen (secondary N) is 2. The molecule has 2 heterocycles. The van der Waals surface area contributed by atoms with E-state index in [1.54, 1.807) is 24.4 Å². The maximum absolute atomic E-state index is 12.1. The number of aromatic nitrogens is 1. The first-order chi connectivity index (χ1) is 12.6. The molecule has 3 rings (SSSR count). The second kappa shape index (κ2) is 9.21. The van der Waals surface area contributed by atoms with Crippen LogP contribution in [0.1, 0.15) is 28.8 Å². The van der Waals surface area contributed by atoms with Gasteiger partial charge < -0.3 is 15.4 Å². The molecule has 1 saturated heterocycles. The van der Waals surface area contributed by atoms with Gasteiger partial charge in [-0.1, -0.05) is 29.3 Å². The van der Waals surface area contributed by atoms with Gasteiger partial charge in [0.05, 0.1) is 11.7 Å². The standard InChI is InChI=1S/C19H21Cl2N3O2/c20-15-5-3-13(17(21)10-15)7-8-22-18-6-4-14(11-23-18)19(25)24-12-16-2-1-9-26-16/h3-6,10-11,16H,1-2,7-9,12H2,(H,22,23)(H,24,25). The van der Waals surface area contributed by atoms with Gasteiger partial charge in [-0.05, 0) is 49.1 Å². The zero-order chi connectivity index (χ0) is 18.4. The second-order valence-electron chi connectivity index (χ2n) is 6.19. The van der Waals surface area contributed by atoms with Crippen LogP contribution in [0.2, 0.25) is 10.0 Å². The van der Waals surface area contributed by atoms with E-state index in [1.807, 2.05) is 12.1 Å². The van der Waals surface area contributed by atoms with Crippen molar-refractivity contribution in [3.8, 4) is 0 Å². The van der Waals surface area contributed by atoms with Crippen LogP contribution in [-0.2, 0) is 11.2 Å². The number of rotatable bonds is 7. The highest BCUT2D eigenvalue weighted by molar-refractivity contribution is 6.35. The van der Waals surface area contributed by atoms with Crippen molar-refractivity contribution in [3.63, 3.8) is 0 Å². The van der Waals surface area contributed by atoms with Gasteiger partial charge in [-0.3, -0.25) is 4.79 Å². The Balaban J connectivity index is 1.45. The van der Waals surface area contributed by atoms with Crippen molar-refractivity contribution in [2.24, 2.45) is 0 Å². The van der Waals surface area contributed by atoms with Crippen LogP contribution < -0.4 is 10.6 Å². The van der Waals surface area contributed by atoms with E-state index in [4.69, 9.17) is 27.9 Å². The van der Waals surface area contributed by atoms with E-state index in [9.17, 15) is 4.79 Å². The normalized spacial score (nSPS) is 16.5. The minimum atomic E-state index is -0.132. The first kappa shape index (κ1) is 19.0. The highest BCUT2D eigenvalue weighted by atomic mass is 35.5. The maximum atomic E-state index is 12.1. The quantitative estimate of drug-likeness (QED) is 0.747. The van der Waals surface area contributed by atoms with Gasteiger partial charge in [0.1, 0.15) is 5.82 Å². The average Bonchev–Trinajstić information content (AvgIpc) is 3.16. The number of hydrogen-bond donors (Lipinski definition) is 2. The predicted molar refractivity (Wildman–Crippen MR) is 104 cm³/mol. The van der Waals surface area contributed by atoms with Crippen molar-refractivity contribution in [2.45, 2.75) is 25.4 Å². The SMILES string of the molecule is O=C(NCC1CCCO1)c1ccc(NCCc2ccc(Cl)cc2Cl)nc1. The zero-order valence-corrected chi connectivity index (χ0v) is 15.8. The van der Waals surface area contributed by atoms with Gasteiger partial charge in [0.15, 0.2) is 0 Å². The van der Waals surface area contributed by atoms with Crippen LogP contribution in [-0.4, -0.2) is 36.7 Å². The molecule has 0 bridgehead atoms. The molecule has 1 aliphatic heterocycles. The molecule has 7 heteroatoms. The number of hydrogen-bond acceptors (Lipinski definition) is 4. The summed E-state index contributed by atoms with van der Waals surface area (Å²) < 4.78 is 5.50. The fourth-order valence-electron chi connectivity index (χ4n) is 2.80. The molecule has 1 aromatic carbocycles. The van der Waals surface area contributed by atoms with E-state index in [-0.39, 0.29) is 12.0 Å². The van der Waals surface area contributed by atoms with Crippen LogP contribution in [0.3, 0.4) is 0 Å². The van der Waals surface area contributed by atoms with E-state index < -0.39 is 0 Å². The van der Waals surface area contributed by atoms with E-state index in [1.165, 1.54) is 0 Å². The first-order valence-electron chi connectivity index (χ1n) is 8.65. The monoisotopic (exact) mass is 393 g/mol. The summed E-state index contributed by atoms with van der Waals surface area (Å²) >= 11 is 12.1. The fourth-order valence-corrected chi connectivity index (χ4v) is 3.30. The number of pyridine rings is 1. The van der Waals surface area contributed by atoms with Gasteiger partial charge in [0.25, 0.3) is 5.91 Å². The van der Waals surface area contributed by atoms with Gasteiger partial charge in [0, 0.05) is 35.9 Å². The lowest BCUT2D eigenvalue weighted by atomic mass is 10.1.